The number of anilines is 1. The zero-order valence-electron chi connectivity index (χ0n) is 13.5. The number of halogens is 2. The molecule has 1 heterocycles. The molecule has 0 atom stereocenters. The maximum atomic E-state index is 8.49. The second-order valence-corrected chi connectivity index (χ2v) is 6.54. The van der Waals surface area contributed by atoms with Crippen LogP contribution in [0.4, 0.5) is 5.69 Å². The van der Waals surface area contributed by atoms with Gasteiger partial charge in [-0.05, 0) is 31.4 Å². The van der Waals surface area contributed by atoms with Crippen LogP contribution in [-0.4, -0.2) is 31.4 Å². The molecule has 0 radical (unpaired) electrons. The van der Waals surface area contributed by atoms with Crippen molar-refractivity contribution in [3.8, 4) is 0 Å². The van der Waals surface area contributed by atoms with Gasteiger partial charge in [0.25, 0.3) is 0 Å². The molecular weight excluding hydrogens is 343 g/mol. The van der Waals surface area contributed by atoms with E-state index in [1.54, 1.807) is 0 Å². The summed E-state index contributed by atoms with van der Waals surface area (Å²) in [5.41, 5.74) is 5.02. The Morgan fingerprint density at radius 3 is 2.04 bits per heavy atom. The summed E-state index contributed by atoms with van der Waals surface area (Å²) in [6.07, 6.45) is 3.11. The molecule has 1 aliphatic rings. The number of hydrogen-bond donors (Lipinski definition) is 0. The average Bonchev–Trinajstić information content (AvgIpc) is 2.69. The minimum atomic E-state index is -4.94. The third-order valence-corrected chi connectivity index (χ3v) is 3.68. The molecule has 0 fully saturated rings. The van der Waals surface area contributed by atoms with E-state index in [9.17, 15) is 0 Å². The van der Waals surface area contributed by atoms with Crippen LogP contribution in [-0.2, 0) is 0 Å². The lowest BCUT2D eigenvalue weighted by atomic mass is 10.1. The first-order valence-corrected chi connectivity index (χ1v) is 8.47. The molecule has 1 aromatic rings. The first-order chi connectivity index (χ1) is 10.5. The molecule has 0 N–H and O–H groups in total. The zero-order chi connectivity index (χ0) is 17.8. The predicted molar refractivity (Wildman–Crippen MR) is 78.9 cm³/mol. The summed E-state index contributed by atoms with van der Waals surface area (Å²) in [6, 6.07) is 6.37. The van der Waals surface area contributed by atoms with Crippen molar-refractivity contribution in [2.45, 2.75) is 20.3 Å². The monoisotopic (exact) mass is 362 g/mol. The highest BCUT2D eigenvalue weighted by molar-refractivity contribution is 6.33. The number of nitrogens with zero attached hydrogens (tertiary/aromatic N) is 2. The third kappa shape index (κ3) is 6.47. The summed E-state index contributed by atoms with van der Waals surface area (Å²) in [7, 11) is -0.891. The maximum Gasteiger partial charge on any atom is 0.169 e. The van der Waals surface area contributed by atoms with Crippen LogP contribution in [0.2, 0.25) is 0 Å². The van der Waals surface area contributed by atoms with Crippen LogP contribution in [0.15, 0.2) is 28.9 Å². The topological polar surface area (TPSA) is 98.5 Å². The first-order valence-electron chi connectivity index (χ1n) is 6.86. The molecule has 128 valence electrons. The third-order valence-electron chi connectivity index (χ3n) is 3.23. The van der Waals surface area contributed by atoms with Crippen molar-refractivity contribution in [1.82, 2.24) is 0 Å². The summed E-state index contributed by atoms with van der Waals surface area (Å²) in [5, 5.41) is 0.862. The predicted octanol–water partition coefficient (Wildman–Crippen LogP) is -1.45. The Labute approximate surface area is 143 Å². The first kappa shape index (κ1) is 19.9. The molecule has 1 aliphatic heterocycles. The normalized spacial score (nSPS) is 14.6. The smallest absolute Gasteiger partial charge is 0.169 e. The molecule has 0 aromatic heterocycles. The van der Waals surface area contributed by atoms with Crippen LogP contribution in [0.3, 0.4) is 0 Å². The van der Waals surface area contributed by atoms with E-state index in [0.717, 1.165) is 18.1 Å². The molecule has 2 rings (SSSR count). The van der Waals surface area contributed by atoms with E-state index >= 15 is 0 Å². The van der Waals surface area contributed by atoms with Crippen molar-refractivity contribution < 1.29 is 33.5 Å². The van der Waals surface area contributed by atoms with Gasteiger partial charge in [0.15, 0.2) is 6.21 Å². The molecule has 0 aliphatic carbocycles. The van der Waals surface area contributed by atoms with Crippen LogP contribution in [0.5, 0.6) is 0 Å². The molecule has 0 saturated heterocycles. The summed E-state index contributed by atoms with van der Waals surface area (Å²) >= 11 is 6.51. The molecule has 6 nitrogen and oxygen atoms in total. The van der Waals surface area contributed by atoms with E-state index in [1.165, 1.54) is 22.4 Å². The highest BCUT2D eigenvalue weighted by atomic mass is 35.7. The van der Waals surface area contributed by atoms with Gasteiger partial charge in [-0.15, -0.1) is 10.2 Å². The summed E-state index contributed by atoms with van der Waals surface area (Å²) < 4.78 is 36.0. The molecule has 0 bridgehead atoms. The van der Waals surface area contributed by atoms with Gasteiger partial charge < -0.3 is 4.90 Å². The van der Waals surface area contributed by atoms with Gasteiger partial charge in [-0.3, -0.25) is 0 Å². The molecule has 0 saturated carbocycles. The molecule has 8 heteroatoms. The lowest BCUT2D eigenvalue weighted by molar-refractivity contribution is -2.00. The molecule has 0 amide bonds. The Kier molecular flexibility index (Phi) is 7.01. The Balaban J connectivity index is 0.000000463. The minimum absolute atomic E-state index is 0.862. The second kappa shape index (κ2) is 8.10. The van der Waals surface area contributed by atoms with Crippen LogP contribution >= 0.6 is 11.6 Å². The number of rotatable bonds is 2. The fraction of sp³-hybridized carbons (Fsp3) is 0.400. The lowest BCUT2D eigenvalue weighted by Crippen LogP contribution is -2.68. The van der Waals surface area contributed by atoms with Gasteiger partial charge in [-0.25, -0.2) is 23.2 Å². The van der Waals surface area contributed by atoms with E-state index in [4.69, 9.17) is 30.2 Å². The van der Waals surface area contributed by atoms with Crippen molar-refractivity contribution in [3.05, 3.63) is 40.1 Å². The number of hydrogen-bond acceptors (Lipinski definition) is 5. The molecule has 23 heavy (non-hydrogen) atoms. The Hall–Kier alpha value is -1.15. The largest absolute Gasteiger partial charge is 0.331 e. The van der Waals surface area contributed by atoms with Gasteiger partial charge in [-0.1, -0.05) is 29.8 Å². The molecule has 0 spiro atoms. The van der Waals surface area contributed by atoms with Gasteiger partial charge in [-0.2, -0.15) is 0 Å². The van der Waals surface area contributed by atoms with Crippen LogP contribution in [0, 0.1) is 24.1 Å². The van der Waals surface area contributed by atoms with E-state index < -0.39 is 10.2 Å². The van der Waals surface area contributed by atoms with Crippen molar-refractivity contribution in [1.29, 1.82) is 0 Å². The Morgan fingerprint density at radius 2 is 1.61 bits per heavy atom. The number of benzene rings is 1. The van der Waals surface area contributed by atoms with Gasteiger partial charge in [0, 0.05) is 12.2 Å². The van der Waals surface area contributed by atoms with Gasteiger partial charge in [0.1, 0.15) is 19.3 Å². The highest BCUT2D eigenvalue weighted by Crippen LogP contribution is 2.34. The Morgan fingerprint density at radius 1 is 1.13 bits per heavy atom. The maximum absolute atomic E-state index is 8.49. The fourth-order valence-electron chi connectivity index (χ4n) is 2.48. The fourth-order valence-corrected chi connectivity index (χ4v) is 2.79. The van der Waals surface area contributed by atoms with Gasteiger partial charge >= 0.3 is 0 Å². The van der Waals surface area contributed by atoms with Crippen LogP contribution in [0.25, 0.3) is 0 Å². The summed E-state index contributed by atoms with van der Waals surface area (Å²) in [6.45, 7) is 5.24. The minimum Gasteiger partial charge on any atom is -0.331 e. The van der Waals surface area contributed by atoms with E-state index in [2.05, 4.69) is 43.2 Å². The van der Waals surface area contributed by atoms with E-state index in [-0.39, 0.29) is 0 Å². The standard InChI is InChI=1S/C15H20ClN2.ClHO4/c1-11-6-5-7-12(2)14(11)18-9-8-13(15(18)16)10-17(3)4;2-1(3,4)5/h5-7,10H,8-9H2,1-4H3;(H,2,3,4,5)/q+1;/p-1. The summed E-state index contributed by atoms with van der Waals surface area (Å²) in [4.78, 5) is 2.22. The van der Waals surface area contributed by atoms with Gasteiger partial charge in [0.05, 0.1) is 5.57 Å². The lowest BCUT2D eigenvalue weighted by Gasteiger charge is -2.23. The van der Waals surface area contributed by atoms with Crippen molar-refractivity contribution in [3.63, 3.8) is 0 Å². The molecular formula is C15H20Cl2N2O4. The summed E-state index contributed by atoms with van der Waals surface area (Å²) in [5.74, 6) is 0. The zero-order valence-corrected chi connectivity index (χ0v) is 15.0. The second-order valence-electron chi connectivity index (χ2n) is 5.43. The van der Waals surface area contributed by atoms with Crippen LogP contribution in [0.1, 0.15) is 17.5 Å². The van der Waals surface area contributed by atoms with E-state index in [0.29, 0.717) is 0 Å². The van der Waals surface area contributed by atoms with Crippen molar-refractivity contribution in [2.75, 3.05) is 25.5 Å². The van der Waals surface area contributed by atoms with Gasteiger partial charge in [0.2, 0.25) is 0 Å². The van der Waals surface area contributed by atoms with Crippen molar-refractivity contribution in [2.24, 2.45) is 0 Å². The SMILES string of the molecule is Cc1cccc(C)c1N1CCC(C=[N+](C)C)=C1Cl.[O-][Cl+3]([O-])([O-])[O-]. The molecule has 1 aromatic carbocycles. The quantitative estimate of drug-likeness (QED) is 0.364. The average molecular weight is 363 g/mol. The van der Waals surface area contributed by atoms with Crippen LogP contribution < -0.4 is 23.5 Å². The Bertz CT molecular complexity index is 594. The van der Waals surface area contributed by atoms with Crippen molar-refractivity contribution >= 4 is 23.5 Å². The number of para-hydroxylation sites is 1. The highest BCUT2D eigenvalue weighted by Gasteiger charge is 2.24. The van der Waals surface area contributed by atoms with E-state index in [1.807, 2.05) is 18.7 Å². The molecule has 0 unspecified atom stereocenters. The number of aryl methyl sites for hydroxylation is 2.